The number of thiophene rings is 1. The Bertz CT molecular complexity index is 984. The maximum atomic E-state index is 12.6. The first-order valence-corrected chi connectivity index (χ1v) is 9.21. The van der Waals surface area contributed by atoms with Gasteiger partial charge in [0.05, 0.1) is 12.7 Å². The average molecular weight is 391 g/mol. The number of allylic oxidation sites excluding steroid dienone is 1. The van der Waals surface area contributed by atoms with Gasteiger partial charge in [-0.25, -0.2) is 14.6 Å². The largest absolute Gasteiger partial charge is 0.494 e. The molecule has 0 aliphatic heterocycles. The van der Waals surface area contributed by atoms with Gasteiger partial charge < -0.3 is 9.84 Å². The Kier molecular flexibility index (Phi) is 6.89. The van der Waals surface area contributed by atoms with E-state index in [4.69, 9.17) is 0 Å². The zero-order chi connectivity index (χ0) is 20.0. The van der Waals surface area contributed by atoms with E-state index in [1.165, 1.54) is 24.5 Å². The maximum Gasteiger partial charge on any atom is 0.340 e. The van der Waals surface area contributed by atoms with Crippen LogP contribution in [0.25, 0.3) is 0 Å². The summed E-state index contributed by atoms with van der Waals surface area (Å²) >= 11 is 1.19. The van der Waals surface area contributed by atoms with E-state index >= 15 is 0 Å². The van der Waals surface area contributed by atoms with Crippen LogP contribution in [0.4, 0.5) is 5.00 Å². The number of carbonyl (C=O) groups excluding carboxylic acids is 1. The zero-order valence-electron chi connectivity index (χ0n) is 15.2. The van der Waals surface area contributed by atoms with Crippen molar-refractivity contribution in [3.8, 4) is 5.88 Å². The van der Waals surface area contributed by atoms with Gasteiger partial charge in [0.1, 0.15) is 10.6 Å². The fourth-order valence-electron chi connectivity index (χ4n) is 2.42. The summed E-state index contributed by atoms with van der Waals surface area (Å²) in [5.41, 5.74) is -1.15. The molecule has 0 amide bonds. The van der Waals surface area contributed by atoms with Crippen LogP contribution < -0.4 is 11.2 Å². The van der Waals surface area contributed by atoms with E-state index in [1.807, 2.05) is 6.92 Å². The first-order valence-electron chi connectivity index (χ1n) is 8.33. The van der Waals surface area contributed by atoms with E-state index in [1.54, 1.807) is 11.4 Å². The molecule has 8 nitrogen and oxygen atoms in total. The molecule has 0 spiro atoms. The molecule has 2 rings (SSSR count). The highest BCUT2D eigenvalue weighted by molar-refractivity contribution is 7.14. The molecule has 0 saturated carbocycles. The van der Waals surface area contributed by atoms with Crippen molar-refractivity contribution >= 4 is 28.5 Å². The molecular formula is C18H21N3O5S. The Morgan fingerprint density at radius 3 is 2.78 bits per heavy atom. The molecule has 0 radical (unpaired) electrons. The number of hydrogen-bond acceptors (Lipinski definition) is 7. The van der Waals surface area contributed by atoms with Crippen LogP contribution in [-0.4, -0.2) is 33.5 Å². The van der Waals surface area contributed by atoms with E-state index in [-0.39, 0.29) is 24.2 Å². The van der Waals surface area contributed by atoms with E-state index in [0.717, 1.165) is 21.8 Å². The van der Waals surface area contributed by atoms with Crippen molar-refractivity contribution in [2.75, 3.05) is 7.11 Å². The van der Waals surface area contributed by atoms with Gasteiger partial charge in [0.2, 0.25) is 5.88 Å². The Morgan fingerprint density at radius 2 is 2.15 bits per heavy atom. The van der Waals surface area contributed by atoms with Crippen molar-refractivity contribution in [3.05, 3.63) is 56.1 Å². The molecule has 0 unspecified atom stereocenters. The van der Waals surface area contributed by atoms with Gasteiger partial charge in [-0.05, 0) is 17.9 Å². The number of ether oxygens (including phenoxy) is 1. The average Bonchev–Trinajstić information content (AvgIpc) is 3.13. The smallest absolute Gasteiger partial charge is 0.340 e. The molecule has 144 valence electrons. The second kappa shape index (κ2) is 9.13. The Balaban J connectivity index is 2.59. The van der Waals surface area contributed by atoms with Crippen LogP contribution in [0.5, 0.6) is 5.88 Å². The topological polar surface area (TPSA) is 103 Å². The highest BCUT2D eigenvalue weighted by Crippen LogP contribution is 2.27. The summed E-state index contributed by atoms with van der Waals surface area (Å²) in [7, 11) is 1.26. The predicted molar refractivity (Wildman–Crippen MR) is 105 cm³/mol. The van der Waals surface area contributed by atoms with E-state index in [2.05, 4.69) is 16.3 Å². The molecule has 1 N–H and O–H groups in total. The molecule has 0 fully saturated rings. The van der Waals surface area contributed by atoms with Crippen LogP contribution >= 0.6 is 11.3 Å². The fraction of sp³-hybridized carbons (Fsp3) is 0.333. The number of esters is 1. The molecule has 27 heavy (non-hydrogen) atoms. The van der Waals surface area contributed by atoms with Crippen molar-refractivity contribution in [2.24, 2.45) is 4.99 Å². The summed E-state index contributed by atoms with van der Waals surface area (Å²) in [6.07, 6.45) is 4.07. The van der Waals surface area contributed by atoms with Crippen molar-refractivity contribution in [2.45, 2.75) is 32.9 Å². The van der Waals surface area contributed by atoms with Crippen molar-refractivity contribution in [1.82, 2.24) is 9.13 Å². The molecule has 2 aromatic rings. The molecule has 0 aromatic carbocycles. The van der Waals surface area contributed by atoms with Gasteiger partial charge in [-0.2, -0.15) is 0 Å². The molecule has 0 aliphatic carbocycles. The van der Waals surface area contributed by atoms with Gasteiger partial charge in [-0.1, -0.05) is 19.4 Å². The third-order valence-corrected chi connectivity index (χ3v) is 4.66. The summed E-state index contributed by atoms with van der Waals surface area (Å²) in [4.78, 5) is 41.0. The number of rotatable bonds is 8. The lowest BCUT2D eigenvalue weighted by Gasteiger charge is -2.13. The lowest BCUT2D eigenvalue weighted by atomic mass is 10.3. The van der Waals surface area contributed by atoms with Gasteiger partial charge in [-0.3, -0.25) is 13.9 Å². The minimum atomic E-state index is -0.676. The molecule has 2 aromatic heterocycles. The number of unbranched alkanes of at least 4 members (excludes halogenated alkanes) is 1. The Labute approximate surface area is 159 Å². The normalized spacial score (nSPS) is 11.0. The van der Waals surface area contributed by atoms with Crippen LogP contribution in [0.3, 0.4) is 0 Å². The molecule has 0 bridgehead atoms. The first-order chi connectivity index (χ1) is 13.0. The SMILES string of the molecule is C=CCn1c(=O)c(C=Nc2sccc2C(=O)OC)c(O)n(CCCC)c1=O. The van der Waals surface area contributed by atoms with Gasteiger partial charge >= 0.3 is 11.7 Å². The highest BCUT2D eigenvalue weighted by Gasteiger charge is 2.18. The van der Waals surface area contributed by atoms with Crippen molar-refractivity contribution in [3.63, 3.8) is 0 Å². The van der Waals surface area contributed by atoms with Crippen LogP contribution in [0, 0.1) is 0 Å². The fourth-order valence-corrected chi connectivity index (χ4v) is 3.15. The Morgan fingerprint density at radius 1 is 1.41 bits per heavy atom. The number of hydrogen-bond donors (Lipinski definition) is 1. The molecule has 0 aliphatic rings. The predicted octanol–water partition coefficient (Wildman–Crippen LogP) is 2.30. The quantitative estimate of drug-likeness (QED) is 0.422. The summed E-state index contributed by atoms with van der Waals surface area (Å²) in [5.74, 6) is -0.997. The third-order valence-electron chi connectivity index (χ3n) is 3.84. The lowest BCUT2D eigenvalue weighted by Crippen LogP contribution is -2.41. The van der Waals surface area contributed by atoms with Crippen LogP contribution in [0.15, 0.2) is 38.7 Å². The summed E-state index contributed by atoms with van der Waals surface area (Å²) in [6.45, 7) is 5.79. The van der Waals surface area contributed by atoms with E-state index < -0.39 is 23.1 Å². The number of nitrogens with zero attached hydrogens (tertiary/aromatic N) is 3. The van der Waals surface area contributed by atoms with Gasteiger partial charge in [0.25, 0.3) is 5.56 Å². The minimum Gasteiger partial charge on any atom is -0.494 e. The monoisotopic (exact) mass is 391 g/mol. The molecular weight excluding hydrogens is 370 g/mol. The highest BCUT2D eigenvalue weighted by atomic mass is 32.1. The van der Waals surface area contributed by atoms with E-state index in [9.17, 15) is 19.5 Å². The second-order valence-electron chi connectivity index (χ2n) is 5.62. The van der Waals surface area contributed by atoms with Crippen molar-refractivity contribution < 1.29 is 14.6 Å². The maximum absolute atomic E-state index is 12.6. The van der Waals surface area contributed by atoms with Crippen LogP contribution in [-0.2, 0) is 17.8 Å². The number of carbonyl (C=O) groups is 1. The minimum absolute atomic E-state index is 0.0112. The van der Waals surface area contributed by atoms with Gasteiger partial charge in [-0.15, -0.1) is 17.9 Å². The number of aromatic hydroxyl groups is 1. The van der Waals surface area contributed by atoms with Crippen LogP contribution in [0.2, 0.25) is 0 Å². The van der Waals surface area contributed by atoms with Crippen LogP contribution in [0.1, 0.15) is 35.7 Å². The molecule has 0 saturated heterocycles. The Hall–Kier alpha value is -2.94. The van der Waals surface area contributed by atoms with Gasteiger partial charge in [0.15, 0.2) is 0 Å². The third kappa shape index (κ3) is 4.25. The number of methoxy groups -OCH3 is 1. The lowest BCUT2D eigenvalue weighted by molar-refractivity contribution is 0.0602. The van der Waals surface area contributed by atoms with Crippen molar-refractivity contribution in [1.29, 1.82) is 0 Å². The zero-order valence-corrected chi connectivity index (χ0v) is 16.0. The molecule has 2 heterocycles. The van der Waals surface area contributed by atoms with Gasteiger partial charge in [0, 0.05) is 19.3 Å². The summed E-state index contributed by atoms with van der Waals surface area (Å²) in [6, 6.07) is 1.56. The number of aromatic nitrogens is 2. The molecule has 9 heteroatoms. The first kappa shape index (κ1) is 20.4. The standard InChI is InChI=1S/C18H21N3O5S/c1-4-6-9-21-16(23)13(15(22)20(8-5-2)18(21)25)11-19-14-12(7-10-27-14)17(24)26-3/h5,7,10-11,23H,2,4,6,8-9H2,1,3H3. The summed E-state index contributed by atoms with van der Waals surface area (Å²) in [5, 5.41) is 12.5. The number of aliphatic imine (C=N–C) groups is 1. The molecule has 0 atom stereocenters. The summed E-state index contributed by atoms with van der Waals surface area (Å²) < 4.78 is 6.82. The second-order valence-corrected chi connectivity index (χ2v) is 6.51. The van der Waals surface area contributed by atoms with E-state index in [0.29, 0.717) is 11.4 Å².